The normalized spacial score (nSPS) is 20.6. The molecular formula is C24H24ClNO2. The Morgan fingerprint density at radius 3 is 2.50 bits per heavy atom. The number of halogens is 1. The number of nitrogens with one attached hydrogen (secondary N) is 1. The van der Waals surface area contributed by atoms with Crippen molar-refractivity contribution in [1.29, 1.82) is 0 Å². The van der Waals surface area contributed by atoms with Crippen LogP contribution in [0.1, 0.15) is 17.0 Å². The van der Waals surface area contributed by atoms with Gasteiger partial charge in [-0.15, -0.1) is 0 Å². The van der Waals surface area contributed by atoms with E-state index in [-0.39, 0.29) is 12.5 Å². The molecule has 1 saturated heterocycles. The lowest BCUT2D eigenvalue weighted by Crippen LogP contribution is -2.52. The van der Waals surface area contributed by atoms with Crippen LogP contribution < -0.4 is 5.32 Å². The van der Waals surface area contributed by atoms with Gasteiger partial charge in [0.05, 0.1) is 13.2 Å². The second-order valence-electron chi connectivity index (χ2n) is 7.12. The fraction of sp³-hybridized carbons (Fsp3) is 0.250. The minimum atomic E-state index is -0.673. The maximum atomic E-state index is 10.4. The van der Waals surface area contributed by atoms with Crippen molar-refractivity contribution in [2.45, 2.75) is 11.5 Å². The van der Waals surface area contributed by atoms with Crippen molar-refractivity contribution in [2.75, 3.05) is 26.3 Å². The van der Waals surface area contributed by atoms with Crippen LogP contribution >= 0.6 is 11.6 Å². The van der Waals surface area contributed by atoms with Crippen LogP contribution in [0.25, 0.3) is 11.1 Å². The Morgan fingerprint density at radius 1 is 1.00 bits per heavy atom. The molecule has 2 atom stereocenters. The molecule has 3 aromatic carbocycles. The second kappa shape index (κ2) is 8.46. The number of rotatable bonds is 5. The summed E-state index contributed by atoms with van der Waals surface area (Å²) in [5, 5.41) is 14.6. The molecule has 0 amide bonds. The monoisotopic (exact) mass is 393 g/mol. The van der Waals surface area contributed by atoms with Gasteiger partial charge in [-0.05, 0) is 34.4 Å². The Balaban J connectivity index is 1.90. The predicted octanol–water partition coefficient (Wildman–Crippen LogP) is 4.60. The summed E-state index contributed by atoms with van der Waals surface area (Å²) in [5.74, 6) is -0.193. The van der Waals surface area contributed by atoms with E-state index >= 15 is 0 Å². The highest BCUT2D eigenvalue weighted by Crippen LogP contribution is 2.45. The van der Waals surface area contributed by atoms with Gasteiger partial charge < -0.3 is 15.2 Å². The van der Waals surface area contributed by atoms with E-state index in [1.807, 2.05) is 48.5 Å². The first-order chi connectivity index (χ1) is 13.7. The highest BCUT2D eigenvalue weighted by atomic mass is 35.5. The third kappa shape index (κ3) is 3.59. The Kier molecular flexibility index (Phi) is 5.79. The number of morpholine rings is 1. The van der Waals surface area contributed by atoms with Gasteiger partial charge in [0.25, 0.3) is 0 Å². The topological polar surface area (TPSA) is 41.5 Å². The van der Waals surface area contributed by atoms with Gasteiger partial charge in [-0.3, -0.25) is 0 Å². The van der Waals surface area contributed by atoms with Crippen molar-refractivity contribution in [1.82, 2.24) is 5.32 Å². The van der Waals surface area contributed by atoms with E-state index in [1.54, 1.807) is 0 Å². The number of hydrogen-bond donors (Lipinski definition) is 2. The predicted molar refractivity (Wildman–Crippen MR) is 114 cm³/mol. The van der Waals surface area contributed by atoms with E-state index < -0.39 is 5.60 Å². The number of ether oxygens (including phenoxy) is 1. The molecule has 0 radical (unpaired) electrons. The van der Waals surface area contributed by atoms with Crippen LogP contribution in [0.2, 0.25) is 5.02 Å². The van der Waals surface area contributed by atoms with E-state index in [0.29, 0.717) is 18.2 Å². The quantitative estimate of drug-likeness (QED) is 0.665. The third-order valence-electron chi connectivity index (χ3n) is 5.49. The van der Waals surface area contributed by atoms with E-state index in [1.165, 1.54) is 0 Å². The highest BCUT2D eigenvalue weighted by Gasteiger charge is 2.44. The third-order valence-corrected chi connectivity index (χ3v) is 5.73. The largest absolute Gasteiger partial charge is 0.396 e. The molecule has 0 aromatic heterocycles. The first-order valence-electron chi connectivity index (χ1n) is 9.60. The van der Waals surface area contributed by atoms with E-state index in [9.17, 15) is 5.11 Å². The van der Waals surface area contributed by atoms with Gasteiger partial charge in [0, 0.05) is 24.0 Å². The molecule has 3 aromatic rings. The summed E-state index contributed by atoms with van der Waals surface area (Å²) in [6.07, 6.45) is 0. The summed E-state index contributed by atoms with van der Waals surface area (Å²) in [5.41, 5.74) is 3.57. The molecule has 1 heterocycles. The zero-order valence-corrected chi connectivity index (χ0v) is 16.4. The van der Waals surface area contributed by atoms with Crippen molar-refractivity contribution in [3.63, 3.8) is 0 Å². The van der Waals surface area contributed by atoms with E-state index in [2.05, 4.69) is 35.6 Å². The van der Waals surface area contributed by atoms with Crippen LogP contribution in [0.3, 0.4) is 0 Å². The molecule has 1 fully saturated rings. The van der Waals surface area contributed by atoms with Crippen LogP contribution in [0.5, 0.6) is 0 Å². The summed E-state index contributed by atoms with van der Waals surface area (Å²) < 4.78 is 6.50. The maximum Gasteiger partial charge on any atom is 0.115 e. The minimum Gasteiger partial charge on any atom is -0.396 e. The zero-order chi connectivity index (χ0) is 19.4. The fourth-order valence-electron chi connectivity index (χ4n) is 4.18. The Morgan fingerprint density at radius 2 is 1.79 bits per heavy atom. The van der Waals surface area contributed by atoms with Gasteiger partial charge in [-0.25, -0.2) is 0 Å². The van der Waals surface area contributed by atoms with Crippen molar-refractivity contribution in [3.05, 3.63) is 95.0 Å². The van der Waals surface area contributed by atoms with Gasteiger partial charge in [0.1, 0.15) is 5.60 Å². The Bertz CT molecular complexity index is 923. The van der Waals surface area contributed by atoms with Crippen LogP contribution in [0.4, 0.5) is 0 Å². The average Bonchev–Trinajstić information content (AvgIpc) is 2.76. The van der Waals surface area contributed by atoms with Crippen LogP contribution in [-0.4, -0.2) is 31.4 Å². The molecule has 4 rings (SSSR count). The molecule has 0 spiro atoms. The standard InChI is InChI=1S/C24H24ClNO2/c25-20-10-6-9-19(15-20)21-11-4-5-12-22(21)24(17-26-13-14-28-24)23(16-27)18-7-2-1-3-8-18/h1-12,15,23,26-27H,13-14,16-17H2. The number of aliphatic hydroxyl groups is 1. The molecule has 0 saturated carbocycles. The second-order valence-corrected chi connectivity index (χ2v) is 7.55. The van der Waals surface area contributed by atoms with E-state index in [0.717, 1.165) is 28.8 Å². The fourth-order valence-corrected chi connectivity index (χ4v) is 4.37. The molecule has 0 aliphatic carbocycles. The van der Waals surface area contributed by atoms with Gasteiger partial charge in [0.15, 0.2) is 0 Å². The van der Waals surface area contributed by atoms with E-state index in [4.69, 9.17) is 16.3 Å². The zero-order valence-electron chi connectivity index (χ0n) is 15.6. The summed E-state index contributed by atoms with van der Waals surface area (Å²) in [7, 11) is 0. The summed E-state index contributed by atoms with van der Waals surface area (Å²) in [6.45, 7) is 2.02. The highest BCUT2D eigenvalue weighted by molar-refractivity contribution is 6.30. The molecule has 3 nitrogen and oxygen atoms in total. The molecule has 1 aliphatic heterocycles. The molecule has 28 heavy (non-hydrogen) atoms. The smallest absolute Gasteiger partial charge is 0.115 e. The van der Waals surface area contributed by atoms with Gasteiger partial charge in [-0.2, -0.15) is 0 Å². The molecular weight excluding hydrogens is 370 g/mol. The first kappa shape index (κ1) is 19.2. The van der Waals surface area contributed by atoms with Crippen molar-refractivity contribution in [2.24, 2.45) is 0 Å². The number of benzene rings is 3. The molecule has 144 valence electrons. The Labute approximate surface area is 170 Å². The SMILES string of the molecule is OCC(c1ccccc1)C1(c2ccccc2-c2cccc(Cl)c2)CNCCO1. The summed E-state index contributed by atoms with van der Waals surface area (Å²) >= 11 is 6.27. The molecule has 0 bridgehead atoms. The lowest BCUT2D eigenvalue weighted by molar-refractivity contribution is -0.0987. The summed E-state index contributed by atoms with van der Waals surface area (Å²) in [4.78, 5) is 0. The van der Waals surface area contributed by atoms with Crippen molar-refractivity contribution in [3.8, 4) is 11.1 Å². The van der Waals surface area contributed by atoms with Crippen molar-refractivity contribution >= 4 is 11.6 Å². The van der Waals surface area contributed by atoms with Crippen LogP contribution in [0, 0.1) is 0 Å². The molecule has 1 aliphatic rings. The van der Waals surface area contributed by atoms with Crippen LogP contribution in [-0.2, 0) is 10.3 Å². The number of aliphatic hydroxyl groups excluding tert-OH is 1. The summed E-state index contributed by atoms with van der Waals surface area (Å²) in [6, 6.07) is 26.2. The molecule has 2 unspecified atom stereocenters. The average molecular weight is 394 g/mol. The van der Waals surface area contributed by atoms with Crippen LogP contribution in [0.15, 0.2) is 78.9 Å². The Hall–Kier alpha value is -2.17. The van der Waals surface area contributed by atoms with Gasteiger partial charge in [0.2, 0.25) is 0 Å². The minimum absolute atomic E-state index is 0.00439. The molecule has 4 heteroatoms. The lowest BCUT2D eigenvalue weighted by Gasteiger charge is -2.44. The molecule has 2 N–H and O–H groups in total. The lowest BCUT2D eigenvalue weighted by atomic mass is 9.74. The number of hydrogen-bond acceptors (Lipinski definition) is 3. The van der Waals surface area contributed by atoms with Crippen molar-refractivity contribution < 1.29 is 9.84 Å². The van der Waals surface area contributed by atoms with Gasteiger partial charge in [-0.1, -0.05) is 78.3 Å². The van der Waals surface area contributed by atoms with Gasteiger partial charge >= 0.3 is 0 Å². The maximum absolute atomic E-state index is 10.4. The first-order valence-corrected chi connectivity index (χ1v) is 9.98.